The number of nitriles is 1. The lowest BCUT2D eigenvalue weighted by molar-refractivity contribution is -0.141. The van der Waals surface area contributed by atoms with Crippen molar-refractivity contribution in [1.82, 2.24) is 9.97 Å². The molecule has 7 nitrogen and oxygen atoms in total. The predicted octanol–water partition coefficient (Wildman–Crippen LogP) is 3.66. The van der Waals surface area contributed by atoms with Crippen molar-refractivity contribution in [2.24, 2.45) is 0 Å². The molecular formula is C21H22F3N3O4S. The molecule has 0 aliphatic heterocycles. The van der Waals surface area contributed by atoms with Crippen LogP contribution in [0.25, 0.3) is 0 Å². The van der Waals surface area contributed by atoms with E-state index >= 15 is 0 Å². The number of hydrogen-bond donors (Lipinski definition) is 0. The van der Waals surface area contributed by atoms with Gasteiger partial charge in [-0.3, -0.25) is 9.97 Å². The summed E-state index contributed by atoms with van der Waals surface area (Å²) in [6.07, 6.45) is -2.40. The van der Waals surface area contributed by atoms with Crippen molar-refractivity contribution >= 4 is 15.8 Å². The van der Waals surface area contributed by atoms with Crippen LogP contribution >= 0.6 is 0 Å². The van der Waals surface area contributed by atoms with Gasteiger partial charge in [0.25, 0.3) is 0 Å². The zero-order chi connectivity index (χ0) is 24.3. The molecule has 0 fully saturated rings. The number of aromatic nitrogens is 2. The average Bonchev–Trinajstić information content (AvgIpc) is 2.76. The van der Waals surface area contributed by atoms with Gasteiger partial charge in [0.2, 0.25) is 0 Å². The van der Waals surface area contributed by atoms with E-state index in [1.807, 2.05) is 0 Å². The molecule has 172 valence electrons. The van der Waals surface area contributed by atoms with Gasteiger partial charge in [-0.25, -0.2) is 13.2 Å². The van der Waals surface area contributed by atoms with E-state index in [1.165, 1.54) is 19.2 Å². The van der Waals surface area contributed by atoms with Gasteiger partial charge in [0.05, 0.1) is 40.5 Å². The minimum absolute atomic E-state index is 0.00417. The summed E-state index contributed by atoms with van der Waals surface area (Å²) in [7, 11) is -2.66. The van der Waals surface area contributed by atoms with Crippen LogP contribution < -0.4 is 0 Å². The van der Waals surface area contributed by atoms with Crippen LogP contribution in [0, 0.1) is 11.3 Å². The zero-order valence-electron chi connectivity index (χ0n) is 17.9. The Labute approximate surface area is 184 Å². The highest BCUT2D eigenvalue weighted by molar-refractivity contribution is 7.91. The molecule has 11 heteroatoms. The molecule has 0 saturated carbocycles. The summed E-state index contributed by atoms with van der Waals surface area (Å²) in [5, 5.41) is 9.35. The summed E-state index contributed by atoms with van der Waals surface area (Å²) in [6.45, 7) is 4.72. The lowest BCUT2D eigenvalue weighted by Crippen LogP contribution is -2.18. The van der Waals surface area contributed by atoms with Gasteiger partial charge in [-0.05, 0) is 49.9 Å². The number of alkyl halides is 3. The van der Waals surface area contributed by atoms with Gasteiger partial charge in [-0.15, -0.1) is 0 Å². The van der Waals surface area contributed by atoms with Crippen LogP contribution in [0.4, 0.5) is 13.2 Å². The molecule has 0 spiro atoms. The van der Waals surface area contributed by atoms with Gasteiger partial charge in [0.15, 0.2) is 9.84 Å². The molecule has 0 aliphatic carbocycles. The van der Waals surface area contributed by atoms with E-state index in [0.717, 1.165) is 13.3 Å². The normalized spacial score (nSPS) is 12.3. The standard InChI is InChI=1S/C21H22F3N3O4S/c1-5-32(29,30)17-8-14(20(2,3)12-25)11-26-16(17)7-6-13-10-27-18(21(22,23)24)9-15(13)19(28)31-4/h8-11H,5-7H2,1-4H3. The van der Waals surface area contributed by atoms with Crippen molar-refractivity contribution in [2.75, 3.05) is 12.9 Å². The number of hydrogen-bond acceptors (Lipinski definition) is 7. The van der Waals surface area contributed by atoms with Crippen molar-refractivity contribution in [2.45, 2.75) is 50.1 Å². The van der Waals surface area contributed by atoms with Crippen LogP contribution in [0.1, 0.15) is 53.6 Å². The number of esters is 1. The highest BCUT2D eigenvalue weighted by atomic mass is 32.2. The Morgan fingerprint density at radius 2 is 1.81 bits per heavy atom. The second kappa shape index (κ2) is 9.24. The maximum absolute atomic E-state index is 13.0. The van der Waals surface area contributed by atoms with Crippen LogP contribution in [0.5, 0.6) is 0 Å². The molecule has 2 aromatic rings. The highest BCUT2D eigenvalue weighted by Gasteiger charge is 2.34. The number of pyridine rings is 2. The largest absolute Gasteiger partial charge is 0.465 e. The molecule has 0 aromatic carbocycles. The smallest absolute Gasteiger partial charge is 0.433 e. The molecule has 0 atom stereocenters. The summed E-state index contributed by atoms with van der Waals surface area (Å²) in [6, 6.07) is 4.10. The monoisotopic (exact) mass is 469 g/mol. The summed E-state index contributed by atoms with van der Waals surface area (Å²) in [5.74, 6) is -1.17. The number of carbonyl (C=O) groups excluding carboxylic acids is 1. The molecule has 0 aliphatic rings. The van der Waals surface area contributed by atoms with Gasteiger partial charge in [-0.1, -0.05) is 6.92 Å². The minimum Gasteiger partial charge on any atom is -0.465 e. The second-order valence-electron chi connectivity index (χ2n) is 7.53. The maximum Gasteiger partial charge on any atom is 0.433 e. The van der Waals surface area contributed by atoms with Gasteiger partial charge >= 0.3 is 12.1 Å². The summed E-state index contributed by atoms with van der Waals surface area (Å²) in [4.78, 5) is 19.6. The molecule has 2 aromatic heterocycles. The van der Waals surface area contributed by atoms with Crippen LogP contribution in [-0.4, -0.2) is 37.2 Å². The fourth-order valence-electron chi connectivity index (χ4n) is 2.88. The lowest BCUT2D eigenvalue weighted by Gasteiger charge is -2.18. The number of nitrogens with zero attached hydrogens (tertiary/aromatic N) is 3. The Kier molecular flexibility index (Phi) is 7.29. The van der Waals surface area contributed by atoms with E-state index in [0.29, 0.717) is 11.6 Å². The van der Waals surface area contributed by atoms with Crippen molar-refractivity contribution in [1.29, 1.82) is 5.26 Å². The van der Waals surface area contributed by atoms with Crippen LogP contribution in [0.15, 0.2) is 29.4 Å². The topological polar surface area (TPSA) is 110 Å². The van der Waals surface area contributed by atoms with E-state index in [2.05, 4.69) is 20.8 Å². The first-order chi connectivity index (χ1) is 14.8. The Morgan fingerprint density at radius 1 is 1.16 bits per heavy atom. The van der Waals surface area contributed by atoms with E-state index in [9.17, 15) is 31.6 Å². The highest BCUT2D eigenvalue weighted by Crippen LogP contribution is 2.30. The third-order valence-corrected chi connectivity index (χ3v) is 6.74. The molecule has 0 amide bonds. The molecule has 0 unspecified atom stereocenters. The summed E-state index contributed by atoms with van der Waals surface area (Å²) >= 11 is 0. The summed E-state index contributed by atoms with van der Waals surface area (Å²) < 4.78 is 68.8. The third-order valence-electron chi connectivity index (χ3n) is 4.96. The Morgan fingerprint density at radius 3 is 2.34 bits per heavy atom. The minimum atomic E-state index is -4.74. The SMILES string of the molecule is CCS(=O)(=O)c1cc(C(C)(C)C#N)cnc1CCc1cnc(C(F)(F)F)cc1C(=O)OC. The van der Waals surface area contributed by atoms with E-state index in [1.54, 1.807) is 13.8 Å². The molecule has 32 heavy (non-hydrogen) atoms. The maximum atomic E-state index is 13.0. The van der Waals surface area contributed by atoms with E-state index in [4.69, 9.17) is 0 Å². The number of ether oxygens (including phenoxy) is 1. The number of carbonyl (C=O) groups is 1. The number of rotatable bonds is 7. The van der Waals surface area contributed by atoms with E-state index in [-0.39, 0.29) is 40.3 Å². The predicted molar refractivity (Wildman–Crippen MR) is 109 cm³/mol. The quantitative estimate of drug-likeness (QED) is 0.569. The summed E-state index contributed by atoms with van der Waals surface area (Å²) in [5.41, 5.74) is -1.76. The molecule has 2 rings (SSSR count). The molecule has 0 radical (unpaired) electrons. The zero-order valence-corrected chi connectivity index (χ0v) is 18.8. The Hall–Kier alpha value is -3.00. The third kappa shape index (κ3) is 5.43. The first kappa shape index (κ1) is 25.3. The van der Waals surface area contributed by atoms with Gasteiger partial charge in [-0.2, -0.15) is 18.4 Å². The molecule has 2 heterocycles. The van der Waals surface area contributed by atoms with Gasteiger partial charge in [0.1, 0.15) is 5.69 Å². The fourth-order valence-corrected chi connectivity index (χ4v) is 4.01. The number of aryl methyl sites for hydroxylation is 2. The van der Waals surface area contributed by atoms with Gasteiger partial charge < -0.3 is 4.74 Å². The number of methoxy groups -OCH3 is 1. The molecular weight excluding hydrogens is 447 g/mol. The van der Waals surface area contributed by atoms with Crippen LogP contribution in [-0.2, 0) is 39.0 Å². The lowest BCUT2D eigenvalue weighted by atomic mass is 9.87. The number of halogens is 3. The second-order valence-corrected chi connectivity index (χ2v) is 9.77. The number of sulfone groups is 1. The van der Waals surface area contributed by atoms with Crippen LogP contribution in [0.3, 0.4) is 0 Å². The molecule has 0 N–H and O–H groups in total. The molecule has 0 saturated heterocycles. The van der Waals surface area contributed by atoms with Gasteiger partial charge in [0, 0.05) is 12.4 Å². The van der Waals surface area contributed by atoms with E-state index < -0.39 is 33.1 Å². The first-order valence-electron chi connectivity index (χ1n) is 9.54. The van der Waals surface area contributed by atoms with Crippen molar-refractivity contribution in [3.05, 3.63) is 52.6 Å². The molecule has 0 bridgehead atoms. The Balaban J connectivity index is 2.50. The van der Waals surface area contributed by atoms with Crippen molar-refractivity contribution in [3.8, 4) is 6.07 Å². The fraction of sp³-hybridized carbons (Fsp3) is 0.429. The van der Waals surface area contributed by atoms with Crippen LogP contribution in [0.2, 0.25) is 0 Å². The van der Waals surface area contributed by atoms with Crippen molar-refractivity contribution < 1.29 is 31.1 Å². The Bertz CT molecular complexity index is 1170. The average molecular weight is 469 g/mol. The first-order valence-corrected chi connectivity index (χ1v) is 11.2. The van der Waals surface area contributed by atoms with Crippen molar-refractivity contribution in [3.63, 3.8) is 0 Å².